The van der Waals surface area contributed by atoms with E-state index in [1.165, 1.54) is 0 Å². The molecule has 21 heavy (non-hydrogen) atoms. The molecule has 0 saturated carbocycles. The molecule has 1 fully saturated rings. The van der Waals surface area contributed by atoms with Gasteiger partial charge in [0.05, 0.1) is 22.8 Å². The number of hydrogen-bond donors (Lipinski definition) is 1. The minimum Gasteiger partial charge on any atom is -0.400 e. The van der Waals surface area contributed by atoms with E-state index in [9.17, 15) is 5.11 Å². The van der Waals surface area contributed by atoms with Crippen LogP contribution in [0.5, 0.6) is 0 Å². The van der Waals surface area contributed by atoms with Gasteiger partial charge in [-0.05, 0) is 44.8 Å². The number of pyridine rings is 1. The second-order valence-electron chi connectivity index (χ2n) is 5.97. The Morgan fingerprint density at radius 3 is 2.38 bits per heavy atom. The Balaban J connectivity index is 2.33. The van der Waals surface area contributed by atoms with Gasteiger partial charge in [-0.2, -0.15) is 0 Å². The fourth-order valence-corrected chi connectivity index (χ4v) is 2.26. The summed E-state index contributed by atoms with van der Waals surface area (Å²) >= 11 is 12.0. The lowest BCUT2D eigenvalue weighted by Crippen LogP contribution is -2.41. The summed E-state index contributed by atoms with van der Waals surface area (Å²) in [7, 11) is -0.622. The second-order valence-corrected chi connectivity index (χ2v) is 6.71. The Hall–Kier alpha value is -0.585. The first-order valence-corrected chi connectivity index (χ1v) is 7.40. The van der Waals surface area contributed by atoms with Gasteiger partial charge in [0.2, 0.25) is 0 Å². The number of aliphatic hydroxyl groups excluding tert-OH is 1. The first-order chi connectivity index (χ1) is 9.68. The van der Waals surface area contributed by atoms with Gasteiger partial charge in [0.1, 0.15) is 5.15 Å². The molecule has 1 aliphatic rings. The first-order valence-electron chi connectivity index (χ1n) is 6.65. The summed E-state index contributed by atoms with van der Waals surface area (Å²) in [5, 5.41) is 10.2. The van der Waals surface area contributed by atoms with Crippen molar-refractivity contribution in [3.8, 4) is 0 Å². The third kappa shape index (κ3) is 3.27. The van der Waals surface area contributed by atoms with Gasteiger partial charge in [-0.3, -0.25) is 0 Å². The molecule has 1 N–H and O–H groups in total. The molecule has 7 heteroatoms. The Kier molecular flexibility index (Phi) is 4.71. The smallest absolute Gasteiger partial charge is 0.400 e. The van der Waals surface area contributed by atoms with Crippen LogP contribution in [-0.4, -0.2) is 35.0 Å². The predicted molar refractivity (Wildman–Crippen MR) is 85.4 cm³/mol. The van der Waals surface area contributed by atoms with Gasteiger partial charge in [-0.1, -0.05) is 29.3 Å². The molecule has 0 atom stereocenters. The van der Waals surface area contributed by atoms with E-state index >= 15 is 0 Å². The third-order valence-corrected chi connectivity index (χ3v) is 4.74. The lowest BCUT2D eigenvalue weighted by molar-refractivity contribution is 0.00578. The van der Waals surface area contributed by atoms with Crippen LogP contribution in [0.4, 0.5) is 0 Å². The molecule has 1 aromatic heterocycles. The number of halogens is 2. The summed E-state index contributed by atoms with van der Waals surface area (Å²) in [6, 6.07) is 1.72. The molecule has 114 valence electrons. The molecule has 1 aromatic rings. The largest absolute Gasteiger partial charge is 0.492 e. The molecule has 1 aliphatic heterocycles. The van der Waals surface area contributed by atoms with Crippen LogP contribution in [0, 0.1) is 0 Å². The normalized spacial score (nSPS) is 20.9. The highest BCUT2D eigenvalue weighted by atomic mass is 35.5. The van der Waals surface area contributed by atoms with Gasteiger partial charge >= 0.3 is 7.12 Å². The molecule has 0 aromatic carbocycles. The summed E-state index contributed by atoms with van der Waals surface area (Å²) in [5.41, 5.74) is 0.310. The van der Waals surface area contributed by atoms with E-state index in [2.05, 4.69) is 4.98 Å². The fourth-order valence-electron chi connectivity index (χ4n) is 1.93. The van der Waals surface area contributed by atoms with Gasteiger partial charge in [-0.15, -0.1) is 0 Å². The van der Waals surface area contributed by atoms with Crippen LogP contribution in [0.3, 0.4) is 0 Å². The number of nitrogens with zero attached hydrogens (tertiary/aromatic N) is 1. The molecule has 0 bridgehead atoms. The van der Waals surface area contributed by atoms with Crippen molar-refractivity contribution in [1.29, 1.82) is 0 Å². The number of aromatic nitrogens is 1. The van der Waals surface area contributed by atoms with Crippen LogP contribution >= 0.6 is 23.2 Å². The van der Waals surface area contributed by atoms with E-state index in [0.29, 0.717) is 16.1 Å². The summed E-state index contributed by atoms with van der Waals surface area (Å²) in [4.78, 5) is 3.90. The van der Waals surface area contributed by atoms with Gasteiger partial charge in [-0.25, -0.2) is 4.98 Å². The predicted octanol–water partition coefficient (Wildman–Crippen LogP) is 3.40. The van der Waals surface area contributed by atoms with Crippen LogP contribution in [0.15, 0.2) is 17.7 Å². The number of hydrogen-bond acceptors (Lipinski definition) is 4. The minimum atomic E-state index is -0.622. The zero-order valence-electron chi connectivity index (χ0n) is 12.5. The lowest BCUT2D eigenvalue weighted by Gasteiger charge is -2.32. The SMILES string of the molecule is CC1(C)OB(C(=Cc2ccnc(Cl)c2Cl)CO)OC1(C)C. The Labute approximate surface area is 135 Å². The van der Waals surface area contributed by atoms with Crippen molar-refractivity contribution in [2.24, 2.45) is 0 Å². The van der Waals surface area contributed by atoms with Crippen LogP contribution < -0.4 is 0 Å². The Morgan fingerprint density at radius 2 is 1.86 bits per heavy atom. The van der Waals surface area contributed by atoms with Gasteiger partial charge < -0.3 is 14.4 Å². The standard InChI is InChI=1S/C14H18BCl2NO3/c1-13(2)14(3,4)21-15(20-13)10(8-19)7-9-5-6-18-12(17)11(9)16/h5-7,19H,8H2,1-4H3. The summed E-state index contributed by atoms with van der Waals surface area (Å²) < 4.78 is 11.8. The van der Waals surface area contributed by atoms with Crippen molar-refractivity contribution in [2.45, 2.75) is 38.9 Å². The van der Waals surface area contributed by atoms with E-state index in [0.717, 1.165) is 0 Å². The molecule has 4 nitrogen and oxygen atoms in total. The average molecular weight is 330 g/mol. The van der Waals surface area contributed by atoms with E-state index in [1.807, 2.05) is 27.7 Å². The molecule has 0 amide bonds. The molecule has 2 rings (SSSR count). The lowest BCUT2D eigenvalue weighted by atomic mass is 9.77. The van der Waals surface area contributed by atoms with Gasteiger partial charge in [0, 0.05) is 6.20 Å². The molecular weight excluding hydrogens is 312 g/mol. The molecule has 1 saturated heterocycles. The van der Waals surface area contributed by atoms with Gasteiger partial charge in [0.25, 0.3) is 0 Å². The van der Waals surface area contributed by atoms with E-state index in [4.69, 9.17) is 32.5 Å². The van der Waals surface area contributed by atoms with Crippen molar-refractivity contribution in [3.05, 3.63) is 33.5 Å². The first kappa shape index (κ1) is 16.8. The zero-order chi connectivity index (χ0) is 15.8. The summed E-state index contributed by atoms with van der Waals surface area (Å²) in [6.45, 7) is 7.63. The van der Waals surface area contributed by atoms with E-state index < -0.39 is 18.3 Å². The topological polar surface area (TPSA) is 51.6 Å². The molecular formula is C14H18BCl2NO3. The van der Waals surface area contributed by atoms with Crippen molar-refractivity contribution >= 4 is 36.4 Å². The highest BCUT2D eigenvalue weighted by Crippen LogP contribution is 2.39. The third-order valence-electron chi connectivity index (χ3n) is 3.96. The van der Waals surface area contributed by atoms with Crippen LogP contribution in [0.25, 0.3) is 6.08 Å². The quantitative estimate of drug-likeness (QED) is 0.682. The molecule has 0 spiro atoms. The number of rotatable bonds is 3. The summed E-state index contributed by atoms with van der Waals surface area (Å²) in [6.07, 6.45) is 3.28. The maximum Gasteiger partial charge on any atom is 0.492 e. The second kappa shape index (κ2) is 5.90. The zero-order valence-corrected chi connectivity index (χ0v) is 14.0. The molecule has 0 radical (unpaired) electrons. The summed E-state index contributed by atoms with van der Waals surface area (Å²) in [5.74, 6) is 0. The van der Waals surface area contributed by atoms with Gasteiger partial charge in [0.15, 0.2) is 0 Å². The van der Waals surface area contributed by atoms with Crippen molar-refractivity contribution in [3.63, 3.8) is 0 Å². The molecule has 0 aliphatic carbocycles. The van der Waals surface area contributed by atoms with Crippen molar-refractivity contribution in [1.82, 2.24) is 4.98 Å². The van der Waals surface area contributed by atoms with Crippen LogP contribution in [0.2, 0.25) is 10.2 Å². The van der Waals surface area contributed by atoms with Crippen molar-refractivity contribution in [2.75, 3.05) is 6.61 Å². The Morgan fingerprint density at radius 1 is 1.29 bits per heavy atom. The number of aliphatic hydroxyl groups is 1. The van der Waals surface area contributed by atoms with Crippen molar-refractivity contribution < 1.29 is 14.4 Å². The van der Waals surface area contributed by atoms with E-state index in [-0.39, 0.29) is 11.8 Å². The molecule has 2 heterocycles. The highest BCUT2D eigenvalue weighted by Gasteiger charge is 2.52. The maximum atomic E-state index is 9.63. The average Bonchev–Trinajstić information content (AvgIpc) is 2.60. The monoisotopic (exact) mass is 329 g/mol. The maximum absolute atomic E-state index is 9.63. The minimum absolute atomic E-state index is 0.201. The Bertz CT molecular complexity index is 559. The molecule has 0 unspecified atom stereocenters. The fraction of sp³-hybridized carbons (Fsp3) is 0.500. The van der Waals surface area contributed by atoms with Crippen LogP contribution in [-0.2, 0) is 9.31 Å². The highest BCUT2D eigenvalue weighted by molar-refractivity contribution is 6.56. The van der Waals surface area contributed by atoms with Crippen LogP contribution in [0.1, 0.15) is 33.3 Å². The van der Waals surface area contributed by atoms with E-state index in [1.54, 1.807) is 18.3 Å².